The van der Waals surface area contributed by atoms with Crippen LogP contribution in [0.1, 0.15) is 23.0 Å². The Balaban J connectivity index is 2.30. The number of nitrogens with two attached hydrogens (primary N) is 1. The highest BCUT2D eigenvalue weighted by Crippen LogP contribution is 2.31. The van der Waals surface area contributed by atoms with Crippen LogP contribution in [0.2, 0.25) is 0 Å². The van der Waals surface area contributed by atoms with E-state index in [1.165, 1.54) is 12.1 Å². The Morgan fingerprint density at radius 2 is 1.88 bits per heavy atom. The van der Waals surface area contributed by atoms with Gasteiger partial charge in [-0.05, 0) is 25.1 Å². The molecule has 6 heteroatoms. The number of carbonyl (C=O) groups excluding carboxylic acids is 2. The molecular weight excluding hydrogens is 311 g/mol. The van der Waals surface area contributed by atoms with Gasteiger partial charge in [0.25, 0.3) is 0 Å². The van der Waals surface area contributed by atoms with Gasteiger partial charge in [0.2, 0.25) is 5.78 Å². The standard InChI is InChI=1S/C18H15FN2O3/c1-2-24-18(23)21-14-10-12(19)8-9-13(14)15(20)16(21)17(22)11-6-4-3-5-7-11/h3-10H,2,20H2,1H3. The van der Waals surface area contributed by atoms with E-state index < -0.39 is 17.7 Å². The van der Waals surface area contributed by atoms with Crippen molar-refractivity contribution in [1.82, 2.24) is 4.57 Å². The van der Waals surface area contributed by atoms with Crippen molar-refractivity contribution >= 4 is 28.5 Å². The van der Waals surface area contributed by atoms with Gasteiger partial charge in [0.1, 0.15) is 11.5 Å². The Kier molecular flexibility index (Phi) is 4.04. The minimum absolute atomic E-state index is 0.0275. The summed E-state index contributed by atoms with van der Waals surface area (Å²) in [5.74, 6) is -0.970. The van der Waals surface area contributed by atoms with Crippen LogP contribution in [0.4, 0.5) is 14.9 Å². The molecule has 1 heterocycles. The molecule has 0 saturated heterocycles. The second-order valence-electron chi connectivity index (χ2n) is 5.15. The molecule has 0 bridgehead atoms. The number of ketones is 1. The van der Waals surface area contributed by atoms with E-state index in [9.17, 15) is 14.0 Å². The summed E-state index contributed by atoms with van der Waals surface area (Å²) >= 11 is 0. The molecule has 122 valence electrons. The number of fused-ring (bicyclic) bond motifs is 1. The first-order valence-corrected chi connectivity index (χ1v) is 7.41. The van der Waals surface area contributed by atoms with Gasteiger partial charge in [-0.3, -0.25) is 4.79 Å². The predicted molar refractivity (Wildman–Crippen MR) is 88.6 cm³/mol. The average Bonchev–Trinajstić information content (AvgIpc) is 2.87. The smallest absolute Gasteiger partial charge is 0.419 e. The molecule has 2 aromatic carbocycles. The Hall–Kier alpha value is -3.15. The molecule has 0 amide bonds. The Morgan fingerprint density at radius 1 is 1.17 bits per heavy atom. The highest BCUT2D eigenvalue weighted by Gasteiger charge is 2.26. The van der Waals surface area contributed by atoms with Crippen LogP contribution in [0, 0.1) is 5.82 Å². The molecular formula is C18H15FN2O3. The van der Waals surface area contributed by atoms with Gasteiger partial charge in [0.05, 0.1) is 17.8 Å². The summed E-state index contributed by atoms with van der Waals surface area (Å²) in [6, 6.07) is 12.3. The van der Waals surface area contributed by atoms with Gasteiger partial charge in [-0.15, -0.1) is 0 Å². The number of nitrogen functional groups attached to an aromatic ring is 1. The lowest BCUT2D eigenvalue weighted by atomic mass is 10.1. The topological polar surface area (TPSA) is 74.3 Å². The summed E-state index contributed by atoms with van der Waals surface area (Å²) in [6.07, 6.45) is -0.774. The number of ether oxygens (including phenoxy) is 1. The van der Waals surface area contributed by atoms with Crippen molar-refractivity contribution in [2.75, 3.05) is 12.3 Å². The zero-order valence-corrected chi connectivity index (χ0v) is 13.0. The molecule has 0 fully saturated rings. The number of benzene rings is 2. The Morgan fingerprint density at radius 3 is 2.54 bits per heavy atom. The van der Waals surface area contributed by atoms with E-state index in [4.69, 9.17) is 10.5 Å². The maximum Gasteiger partial charge on any atom is 0.419 e. The summed E-state index contributed by atoms with van der Waals surface area (Å²) in [4.78, 5) is 25.2. The second kappa shape index (κ2) is 6.16. The van der Waals surface area contributed by atoms with Gasteiger partial charge in [-0.1, -0.05) is 30.3 Å². The highest BCUT2D eigenvalue weighted by molar-refractivity contribution is 6.18. The molecule has 0 aliphatic heterocycles. The molecule has 3 rings (SSSR count). The van der Waals surface area contributed by atoms with E-state index in [2.05, 4.69) is 0 Å². The molecule has 0 atom stereocenters. The van der Waals surface area contributed by atoms with Crippen molar-refractivity contribution in [3.8, 4) is 0 Å². The van der Waals surface area contributed by atoms with E-state index in [0.717, 1.165) is 10.6 Å². The number of anilines is 1. The van der Waals surface area contributed by atoms with Crippen LogP contribution in [0.5, 0.6) is 0 Å². The largest absolute Gasteiger partial charge is 0.449 e. The first-order chi connectivity index (χ1) is 11.5. The quantitative estimate of drug-likeness (QED) is 0.746. The van der Waals surface area contributed by atoms with E-state index >= 15 is 0 Å². The van der Waals surface area contributed by atoms with E-state index in [1.54, 1.807) is 37.3 Å². The van der Waals surface area contributed by atoms with Gasteiger partial charge < -0.3 is 10.5 Å². The number of nitrogens with zero attached hydrogens (tertiary/aromatic N) is 1. The lowest BCUT2D eigenvalue weighted by Crippen LogP contribution is -2.20. The summed E-state index contributed by atoms with van der Waals surface area (Å²) in [7, 11) is 0. The first kappa shape index (κ1) is 15.7. The van der Waals surface area contributed by atoms with Crippen LogP contribution in [0.3, 0.4) is 0 Å². The molecule has 2 N–H and O–H groups in total. The fraction of sp³-hybridized carbons (Fsp3) is 0.111. The lowest BCUT2D eigenvalue weighted by molar-refractivity contribution is 0.102. The zero-order valence-electron chi connectivity index (χ0n) is 13.0. The summed E-state index contributed by atoms with van der Waals surface area (Å²) in [5, 5.41) is 0.420. The van der Waals surface area contributed by atoms with Crippen LogP contribution < -0.4 is 5.73 Å². The van der Waals surface area contributed by atoms with Crippen molar-refractivity contribution in [3.05, 3.63) is 65.6 Å². The summed E-state index contributed by atoms with van der Waals surface area (Å²) < 4.78 is 19.7. The number of carbonyl (C=O) groups is 2. The number of halogens is 1. The number of rotatable bonds is 3. The molecule has 1 aromatic heterocycles. The van der Waals surface area contributed by atoms with Gasteiger partial charge in [0, 0.05) is 10.9 Å². The fourth-order valence-corrected chi connectivity index (χ4v) is 2.61. The third-order valence-corrected chi connectivity index (χ3v) is 3.67. The highest BCUT2D eigenvalue weighted by atomic mass is 19.1. The number of hydrogen-bond acceptors (Lipinski definition) is 4. The Labute approximate surface area is 137 Å². The molecule has 3 aromatic rings. The lowest BCUT2D eigenvalue weighted by Gasteiger charge is -2.09. The van der Waals surface area contributed by atoms with Crippen LogP contribution >= 0.6 is 0 Å². The molecule has 0 saturated carbocycles. The van der Waals surface area contributed by atoms with Crippen LogP contribution in [0.25, 0.3) is 10.9 Å². The van der Waals surface area contributed by atoms with Crippen LogP contribution in [-0.2, 0) is 4.74 Å². The fourth-order valence-electron chi connectivity index (χ4n) is 2.61. The normalized spacial score (nSPS) is 10.8. The third kappa shape index (κ3) is 2.52. The monoisotopic (exact) mass is 326 g/mol. The summed E-state index contributed by atoms with van der Waals surface area (Å²) in [5.41, 5.74) is 6.75. The van der Waals surface area contributed by atoms with Crippen LogP contribution in [0.15, 0.2) is 48.5 Å². The molecule has 0 radical (unpaired) electrons. The first-order valence-electron chi connectivity index (χ1n) is 7.41. The van der Waals surface area contributed by atoms with E-state index in [-0.39, 0.29) is 23.5 Å². The van der Waals surface area contributed by atoms with Crippen molar-refractivity contribution in [3.63, 3.8) is 0 Å². The minimum atomic E-state index is -0.774. The number of aromatic nitrogens is 1. The minimum Gasteiger partial charge on any atom is -0.449 e. The van der Waals surface area contributed by atoms with Gasteiger partial charge in [-0.2, -0.15) is 0 Å². The van der Waals surface area contributed by atoms with E-state index in [1.807, 2.05) is 0 Å². The van der Waals surface area contributed by atoms with Crippen molar-refractivity contribution < 1.29 is 18.7 Å². The average molecular weight is 326 g/mol. The Bertz CT molecular complexity index is 932. The number of hydrogen-bond donors (Lipinski definition) is 1. The van der Waals surface area contributed by atoms with Gasteiger partial charge in [-0.25, -0.2) is 13.8 Å². The summed E-state index contributed by atoms with van der Waals surface area (Å²) in [6.45, 7) is 1.76. The maximum atomic E-state index is 13.6. The predicted octanol–water partition coefficient (Wildman–Crippen LogP) is 3.60. The van der Waals surface area contributed by atoms with Gasteiger partial charge >= 0.3 is 6.09 Å². The van der Waals surface area contributed by atoms with Crippen molar-refractivity contribution in [2.45, 2.75) is 6.92 Å². The van der Waals surface area contributed by atoms with Crippen LogP contribution in [-0.4, -0.2) is 23.1 Å². The van der Waals surface area contributed by atoms with Crippen molar-refractivity contribution in [2.24, 2.45) is 0 Å². The third-order valence-electron chi connectivity index (χ3n) is 3.67. The molecule has 24 heavy (non-hydrogen) atoms. The molecule has 0 spiro atoms. The molecule has 0 unspecified atom stereocenters. The van der Waals surface area contributed by atoms with E-state index in [0.29, 0.717) is 10.9 Å². The second-order valence-corrected chi connectivity index (χ2v) is 5.15. The SMILES string of the molecule is CCOC(=O)n1c(C(=O)c2ccccc2)c(N)c2ccc(F)cc21. The molecule has 0 aliphatic carbocycles. The molecule has 0 aliphatic rings. The van der Waals surface area contributed by atoms with Crippen molar-refractivity contribution in [1.29, 1.82) is 0 Å². The maximum absolute atomic E-state index is 13.6. The zero-order chi connectivity index (χ0) is 17.3. The molecule has 5 nitrogen and oxygen atoms in total. The van der Waals surface area contributed by atoms with Gasteiger partial charge in [0.15, 0.2) is 0 Å².